The lowest BCUT2D eigenvalue weighted by Gasteiger charge is -2.37. The van der Waals surface area contributed by atoms with Gasteiger partial charge in [-0.05, 0) is 42.2 Å². The molecule has 2 N–H and O–H groups in total. The van der Waals surface area contributed by atoms with Crippen molar-refractivity contribution in [2.45, 2.75) is 12.8 Å². The quantitative estimate of drug-likeness (QED) is 0.472. The Bertz CT molecular complexity index is 862. The zero-order chi connectivity index (χ0) is 18.9. The summed E-state index contributed by atoms with van der Waals surface area (Å²) in [5.41, 5.74) is 0.250. The second-order valence-electron chi connectivity index (χ2n) is 7.94. The van der Waals surface area contributed by atoms with Gasteiger partial charge in [0.2, 0.25) is 17.7 Å². The van der Waals surface area contributed by atoms with Gasteiger partial charge >= 0.3 is 0 Å². The van der Waals surface area contributed by atoms with E-state index in [9.17, 15) is 19.5 Å². The lowest BCUT2D eigenvalue weighted by atomic mass is 9.63. The normalized spacial score (nSPS) is 35.2. The van der Waals surface area contributed by atoms with Gasteiger partial charge in [-0.25, -0.2) is 0 Å². The maximum absolute atomic E-state index is 12.9. The number of nitrogens with one attached hydrogen (secondary N) is 1. The molecular formula is C20H19ClN2O4. The van der Waals surface area contributed by atoms with Crippen molar-refractivity contribution in [1.29, 1.82) is 0 Å². The smallest absolute Gasteiger partial charge is 0.233 e. The van der Waals surface area contributed by atoms with Gasteiger partial charge in [-0.2, -0.15) is 0 Å². The predicted molar refractivity (Wildman–Crippen MR) is 97.8 cm³/mol. The van der Waals surface area contributed by atoms with Gasteiger partial charge in [0, 0.05) is 24.1 Å². The summed E-state index contributed by atoms with van der Waals surface area (Å²) in [6, 6.07) is 4.40. The van der Waals surface area contributed by atoms with Gasteiger partial charge in [0.05, 0.1) is 17.5 Å². The van der Waals surface area contributed by atoms with E-state index in [1.165, 1.54) is 17.0 Å². The van der Waals surface area contributed by atoms with E-state index in [4.69, 9.17) is 11.6 Å². The van der Waals surface area contributed by atoms with E-state index < -0.39 is 0 Å². The Morgan fingerprint density at radius 2 is 1.78 bits per heavy atom. The van der Waals surface area contributed by atoms with Crippen LogP contribution in [-0.4, -0.2) is 34.3 Å². The first-order valence-electron chi connectivity index (χ1n) is 9.27. The van der Waals surface area contributed by atoms with Gasteiger partial charge in [-0.3, -0.25) is 19.3 Å². The Morgan fingerprint density at radius 3 is 2.37 bits per heavy atom. The molecule has 0 unspecified atom stereocenters. The Labute approximate surface area is 161 Å². The molecule has 1 heterocycles. The number of anilines is 1. The zero-order valence-electron chi connectivity index (χ0n) is 14.5. The molecule has 4 aliphatic carbocycles. The molecule has 0 aromatic heterocycles. The number of hydrogen-bond acceptors (Lipinski definition) is 4. The molecule has 6 nitrogen and oxygen atoms in total. The number of phenols is 1. The minimum atomic E-state index is -0.368. The maximum Gasteiger partial charge on any atom is 0.233 e. The van der Waals surface area contributed by atoms with E-state index in [-0.39, 0.29) is 65.8 Å². The SMILES string of the molecule is O=C(CCN1C(=O)[C@@H]2[C@@H]3C=C[C@H]([C@@H]4C[C@H]34)[C@H]2C1=O)Nc1ccc(Cl)cc1O. The fourth-order valence-electron chi connectivity index (χ4n) is 5.28. The third kappa shape index (κ3) is 2.50. The second kappa shape index (κ2) is 5.83. The highest BCUT2D eigenvalue weighted by atomic mass is 35.5. The highest BCUT2D eigenvalue weighted by Gasteiger charge is 2.66. The number of carbonyl (C=O) groups excluding carboxylic acids is 3. The molecule has 1 aliphatic heterocycles. The molecule has 2 bridgehead atoms. The molecule has 3 fully saturated rings. The first-order valence-corrected chi connectivity index (χ1v) is 9.65. The summed E-state index contributed by atoms with van der Waals surface area (Å²) < 4.78 is 0. The number of imide groups is 1. The molecule has 3 amide bonds. The van der Waals surface area contributed by atoms with Crippen molar-refractivity contribution in [3.63, 3.8) is 0 Å². The minimum Gasteiger partial charge on any atom is -0.506 e. The van der Waals surface area contributed by atoms with Gasteiger partial charge in [0.15, 0.2) is 0 Å². The first-order chi connectivity index (χ1) is 13.0. The van der Waals surface area contributed by atoms with Gasteiger partial charge < -0.3 is 10.4 Å². The van der Waals surface area contributed by atoms with E-state index in [1.807, 2.05) is 0 Å². The van der Waals surface area contributed by atoms with Crippen LogP contribution in [0.4, 0.5) is 5.69 Å². The van der Waals surface area contributed by atoms with Crippen molar-refractivity contribution in [1.82, 2.24) is 4.90 Å². The standard InChI is InChI=1S/C20H19ClN2O4/c21-9-1-4-14(15(24)7-9)22-16(25)5-6-23-19(26)17-10-2-3-11(13-8-12(10)13)18(17)20(23)27/h1-4,7,10-13,17-18,24H,5-6,8H2,(H,22,25)/t10-,11-,12-,13+,17-,18-/m1/s1. The molecule has 6 atom stereocenters. The maximum atomic E-state index is 12.9. The molecule has 6 rings (SSSR count). The summed E-state index contributed by atoms with van der Waals surface area (Å²) in [5.74, 6) is 0.276. The number of rotatable bonds is 4. The lowest BCUT2D eigenvalue weighted by Crippen LogP contribution is -2.40. The number of allylic oxidation sites excluding steroid dienone is 2. The summed E-state index contributed by atoms with van der Waals surface area (Å²) in [7, 11) is 0. The van der Waals surface area contributed by atoms with E-state index in [0.717, 1.165) is 6.42 Å². The molecule has 0 spiro atoms. The number of amides is 3. The van der Waals surface area contributed by atoms with Crippen molar-refractivity contribution in [3.8, 4) is 5.75 Å². The Kier molecular flexibility index (Phi) is 3.63. The number of phenolic OH excluding ortho intramolecular Hbond substituents is 1. The Morgan fingerprint density at radius 1 is 1.15 bits per heavy atom. The monoisotopic (exact) mass is 386 g/mol. The zero-order valence-corrected chi connectivity index (χ0v) is 15.2. The number of aromatic hydroxyl groups is 1. The summed E-state index contributed by atoms with van der Waals surface area (Å²) >= 11 is 5.78. The fraction of sp³-hybridized carbons (Fsp3) is 0.450. The molecule has 2 saturated carbocycles. The van der Waals surface area contributed by atoms with Crippen molar-refractivity contribution in [3.05, 3.63) is 35.4 Å². The van der Waals surface area contributed by atoms with Crippen LogP contribution in [0.5, 0.6) is 5.75 Å². The third-order valence-corrected chi connectivity index (χ3v) is 6.79. The van der Waals surface area contributed by atoms with Gasteiger partial charge in [0.1, 0.15) is 5.75 Å². The molecule has 1 aromatic carbocycles. The predicted octanol–water partition coefficient (Wildman–Crippen LogP) is 2.43. The number of carbonyl (C=O) groups is 3. The van der Waals surface area contributed by atoms with Crippen molar-refractivity contribution in [2.75, 3.05) is 11.9 Å². The summed E-state index contributed by atoms with van der Waals surface area (Å²) in [5, 5.41) is 12.8. The van der Waals surface area contributed by atoms with E-state index >= 15 is 0 Å². The van der Waals surface area contributed by atoms with Gasteiger partial charge in [0.25, 0.3) is 0 Å². The first kappa shape index (κ1) is 16.8. The number of likely N-dealkylation sites (tertiary alicyclic amines) is 1. The average molecular weight is 387 g/mol. The number of nitrogens with zero attached hydrogens (tertiary/aromatic N) is 1. The van der Waals surface area contributed by atoms with Crippen LogP contribution in [0.25, 0.3) is 0 Å². The van der Waals surface area contributed by atoms with Crippen LogP contribution in [0.15, 0.2) is 30.4 Å². The molecule has 5 aliphatic rings. The molecule has 27 heavy (non-hydrogen) atoms. The van der Waals surface area contributed by atoms with Crippen LogP contribution in [-0.2, 0) is 14.4 Å². The van der Waals surface area contributed by atoms with E-state index in [2.05, 4.69) is 17.5 Å². The van der Waals surface area contributed by atoms with Crippen LogP contribution in [0.2, 0.25) is 5.02 Å². The fourth-order valence-corrected chi connectivity index (χ4v) is 5.44. The third-order valence-electron chi connectivity index (χ3n) is 6.55. The summed E-state index contributed by atoms with van der Waals surface area (Å²) in [6.07, 6.45) is 5.38. The average Bonchev–Trinajstić information content (AvgIpc) is 3.41. The number of hydrogen-bond donors (Lipinski definition) is 2. The second-order valence-corrected chi connectivity index (χ2v) is 8.38. The lowest BCUT2D eigenvalue weighted by molar-refractivity contribution is -0.140. The number of halogens is 1. The van der Waals surface area contributed by atoms with Gasteiger partial charge in [-0.1, -0.05) is 23.8 Å². The largest absolute Gasteiger partial charge is 0.506 e. The van der Waals surface area contributed by atoms with Crippen LogP contribution in [0, 0.1) is 35.5 Å². The van der Waals surface area contributed by atoms with Crippen LogP contribution < -0.4 is 5.32 Å². The molecule has 7 heteroatoms. The molecule has 0 radical (unpaired) electrons. The number of benzene rings is 1. The Hall–Kier alpha value is -2.34. The molecule has 1 aromatic rings. The highest BCUT2D eigenvalue weighted by molar-refractivity contribution is 6.30. The van der Waals surface area contributed by atoms with Crippen LogP contribution in [0.3, 0.4) is 0 Å². The van der Waals surface area contributed by atoms with E-state index in [0.29, 0.717) is 16.9 Å². The minimum absolute atomic E-state index is 0.00535. The van der Waals surface area contributed by atoms with E-state index in [1.54, 1.807) is 6.07 Å². The van der Waals surface area contributed by atoms with Gasteiger partial charge in [-0.15, -0.1) is 0 Å². The molecule has 140 valence electrons. The van der Waals surface area contributed by atoms with Crippen molar-refractivity contribution in [2.24, 2.45) is 35.5 Å². The van der Waals surface area contributed by atoms with Crippen LogP contribution >= 0.6 is 11.6 Å². The Balaban J connectivity index is 1.25. The molecular weight excluding hydrogens is 368 g/mol. The van der Waals surface area contributed by atoms with Crippen molar-refractivity contribution >= 4 is 35.0 Å². The van der Waals surface area contributed by atoms with Crippen molar-refractivity contribution < 1.29 is 19.5 Å². The van der Waals surface area contributed by atoms with Crippen LogP contribution in [0.1, 0.15) is 12.8 Å². The topological polar surface area (TPSA) is 86.7 Å². The summed E-state index contributed by atoms with van der Waals surface area (Å²) in [6.45, 7) is 0.0691. The molecule has 1 saturated heterocycles. The highest BCUT2D eigenvalue weighted by Crippen LogP contribution is 2.65. The summed E-state index contributed by atoms with van der Waals surface area (Å²) in [4.78, 5) is 39.2.